The molecule has 0 aromatic heterocycles. The fourth-order valence-electron chi connectivity index (χ4n) is 3.41. The van der Waals surface area contributed by atoms with Gasteiger partial charge in [-0.1, -0.05) is 53.6 Å². The van der Waals surface area contributed by atoms with Crippen LogP contribution in [0.5, 0.6) is 0 Å². The first-order valence-corrected chi connectivity index (χ1v) is 9.00. The summed E-state index contributed by atoms with van der Waals surface area (Å²) in [5, 5.41) is 0.779. The normalized spacial score (nSPS) is 17.5. The molecule has 0 radical (unpaired) electrons. The van der Waals surface area contributed by atoms with E-state index in [9.17, 15) is 4.79 Å². The quantitative estimate of drug-likeness (QED) is 0.778. The van der Waals surface area contributed by atoms with Crippen molar-refractivity contribution in [2.75, 3.05) is 13.1 Å². The average Bonchev–Trinajstić information content (AvgIpc) is 2.91. The molecule has 1 unspecified atom stereocenters. The Morgan fingerprint density at radius 3 is 2.58 bits per heavy atom. The molecule has 1 atom stereocenters. The molecule has 2 nitrogen and oxygen atoms in total. The minimum absolute atomic E-state index is 0.0709. The first-order valence-electron chi connectivity index (χ1n) is 8.63. The van der Waals surface area contributed by atoms with Gasteiger partial charge in [0.1, 0.15) is 0 Å². The number of benzene rings is 2. The zero-order valence-electron chi connectivity index (χ0n) is 14.4. The summed E-state index contributed by atoms with van der Waals surface area (Å²) in [5.74, 6) is 0.350. The molecular weight excluding hydrogens is 318 g/mol. The van der Waals surface area contributed by atoms with Crippen molar-refractivity contribution in [3.63, 3.8) is 0 Å². The van der Waals surface area contributed by atoms with Crippen molar-refractivity contribution >= 4 is 17.5 Å². The van der Waals surface area contributed by atoms with E-state index in [0.29, 0.717) is 0 Å². The number of hydrogen-bond donors (Lipinski definition) is 0. The van der Waals surface area contributed by atoms with Crippen molar-refractivity contribution < 1.29 is 4.79 Å². The molecule has 2 aromatic carbocycles. The van der Waals surface area contributed by atoms with Crippen LogP contribution in [0.2, 0.25) is 5.02 Å². The second-order valence-corrected chi connectivity index (χ2v) is 7.19. The maximum absolute atomic E-state index is 12.7. The fourth-order valence-corrected chi connectivity index (χ4v) is 3.70. The predicted molar refractivity (Wildman–Crippen MR) is 99.5 cm³/mol. The molecule has 1 aliphatic rings. The molecule has 2 aromatic rings. The average molecular weight is 342 g/mol. The van der Waals surface area contributed by atoms with E-state index in [1.54, 1.807) is 0 Å². The molecule has 1 aliphatic heterocycles. The second kappa shape index (κ2) is 7.40. The zero-order chi connectivity index (χ0) is 17.1. The van der Waals surface area contributed by atoms with Gasteiger partial charge in [-0.2, -0.15) is 0 Å². The highest BCUT2D eigenvalue weighted by atomic mass is 35.5. The van der Waals surface area contributed by atoms with E-state index in [1.807, 2.05) is 17.0 Å². The number of nitrogens with zero attached hydrogens (tertiary/aromatic N) is 1. The van der Waals surface area contributed by atoms with E-state index in [2.05, 4.69) is 44.2 Å². The molecule has 0 spiro atoms. The van der Waals surface area contributed by atoms with Gasteiger partial charge in [0.2, 0.25) is 5.91 Å². The van der Waals surface area contributed by atoms with Gasteiger partial charge in [-0.05, 0) is 55.9 Å². The molecule has 24 heavy (non-hydrogen) atoms. The van der Waals surface area contributed by atoms with E-state index in [0.717, 1.165) is 42.9 Å². The van der Waals surface area contributed by atoms with Gasteiger partial charge in [-0.15, -0.1) is 0 Å². The lowest BCUT2D eigenvalue weighted by Crippen LogP contribution is -2.30. The lowest BCUT2D eigenvalue weighted by Gasteiger charge is -2.17. The van der Waals surface area contributed by atoms with Crippen LogP contribution in [0.1, 0.15) is 28.7 Å². The number of amides is 1. The molecule has 1 heterocycles. The molecule has 1 saturated heterocycles. The Kier molecular flexibility index (Phi) is 5.25. The number of hydrogen-bond acceptors (Lipinski definition) is 1. The largest absolute Gasteiger partial charge is 0.342 e. The van der Waals surface area contributed by atoms with Crippen molar-refractivity contribution in [1.29, 1.82) is 0 Å². The fraction of sp³-hybridized carbons (Fsp3) is 0.381. The summed E-state index contributed by atoms with van der Waals surface area (Å²) in [6, 6.07) is 14.5. The molecule has 0 saturated carbocycles. The van der Waals surface area contributed by atoms with Crippen LogP contribution in [0.25, 0.3) is 0 Å². The number of halogens is 1. The lowest BCUT2D eigenvalue weighted by molar-refractivity contribution is -0.130. The molecule has 3 heteroatoms. The van der Waals surface area contributed by atoms with Gasteiger partial charge in [-0.25, -0.2) is 0 Å². The van der Waals surface area contributed by atoms with E-state index in [-0.39, 0.29) is 11.8 Å². The summed E-state index contributed by atoms with van der Waals surface area (Å²) in [6.07, 6.45) is 2.60. The molecule has 0 N–H and O–H groups in total. The maximum atomic E-state index is 12.7. The Hall–Kier alpha value is -1.80. The molecule has 1 amide bonds. The third kappa shape index (κ3) is 3.81. The third-order valence-corrected chi connectivity index (χ3v) is 5.36. The third-order valence-electron chi connectivity index (χ3n) is 5.00. The van der Waals surface area contributed by atoms with Crippen LogP contribution < -0.4 is 0 Å². The van der Waals surface area contributed by atoms with Gasteiger partial charge in [0, 0.05) is 24.0 Å². The van der Waals surface area contributed by atoms with Crippen molar-refractivity contribution in [1.82, 2.24) is 4.90 Å². The predicted octanol–water partition coefficient (Wildman–Crippen LogP) is 4.59. The Morgan fingerprint density at radius 2 is 1.88 bits per heavy atom. The Morgan fingerprint density at radius 1 is 1.12 bits per heavy atom. The molecule has 0 bridgehead atoms. The second-order valence-electron chi connectivity index (χ2n) is 6.79. The zero-order valence-corrected chi connectivity index (χ0v) is 15.1. The Bertz CT molecular complexity index is 703. The number of likely N-dealkylation sites (tertiary alicyclic amines) is 1. The number of rotatable bonds is 5. The van der Waals surface area contributed by atoms with Gasteiger partial charge < -0.3 is 4.90 Å². The van der Waals surface area contributed by atoms with Gasteiger partial charge in [0.25, 0.3) is 0 Å². The van der Waals surface area contributed by atoms with E-state index < -0.39 is 0 Å². The van der Waals surface area contributed by atoms with Gasteiger partial charge in [0.05, 0.1) is 0 Å². The van der Waals surface area contributed by atoms with Crippen molar-refractivity contribution in [2.24, 2.45) is 5.92 Å². The van der Waals surface area contributed by atoms with Crippen LogP contribution in [-0.4, -0.2) is 23.9 Å². The van der Waals surface area contributed by atoms with Gasteiger partial charge in [0.15, 0.2) is 0 Å². The van der Waals surface area contributed by atoms with Crippen molar-refractivity contribution in [2.45, 2.75) is 33.1 Å². The standard InChI is InChI=1S/C21H24ClNO/c1-15-6-8-17(9-7-15)10-12-23-13-11-18(21(23)24)14-19-16(2)4-3-5-20(19)22/h3-9,18H,10-14H2,1-2H3. The van der Waals surface area contributed by atoms with E-state index in [1.165, 1.54) is 16.7 Å². The Balaban J connectivity index is 1.59. The summed E-state index contributed by atoms with van der Waals surface area (Å²) in [5.41, 5.74) is 4.86. The highest BCUT2D eigenvalue weighted by molar-refractivity contribution is 6.31. The highest BCUT2D eigenvalue weighted by Gasteiger charge is 2.31. The first kappa shape index (κ1) is 17.0. The van der Waals surface area contributed by atoms with Crippen LogP contribution in [0.3, 0.4) is 0 Å². The summed E-state index contributed by atoms with van der Waals surface area (Å²) in [7, 11) is 0. The summed E-state index contributed by atoms with van der Waals surface area (Å²) in [6.45, 7) is 5.82. The molecule has 126 valence electrons. The highest BCUT2D eigenvalue weighted by Crippen LogP contribution is 2.28. The van der Waals surface area contributed by atoms with Crippen LogP contribution >= 0.6 is 11.6 Å². The van der Waals surface area contributed by atoms with Crippen LogP contribution in [0.15, 0.2) is 42.5 Å². The van der Waals surface area contributed by atoms with Crippen molar-refractivity contribution in [3.05, 3.63) is 69.7 Å². The molecule has 0 aliphatic carbocycles. The summed E-state index contributed by atoms with van der Waals surface area (Å²) in [4.78, 5) is 14.7. The van der Waals surface area contributed by atoms with Crippen LogP contribution in [0.4, 0.5) is 0 Å². The van der Waals surface area contributed by atoms with Crippen molar-refractivity contribution in [3.8, 4) is 0 Å². The first-order chi connectivity index (χ1) is 11.5. The van der Waals surface area contributed by atoms with Gasteiger partial charge in [-0.3, -0.25) is 4.79 Å². The van der Waals surface area contributed by atoms with Gasteiger partial charge >= 0.3 is 0 Å². The van der Waals surface area contributed by atoms with E-state index in [4.69, 9.17) is 11.6 Å². The number of carbonyl (C=O) groups excluding carboxylic acids is 1. The summed E-state index contributed by atoms with van der Waals surface area (Å²) >= 11 is 6.32. The maximum Gasteiger partial charge on any atom is 0.226 e. The molecular formula is C21H24ClNO. The smallest absolute Gasteiger partial charge is 0.226 e. The Labute approximate surface area is 149 Å². The minimum Gasteiger partial charge on any atom is -0.342 e. The number of aryl methyl sites for hydroxylation is 2. The summed E-state index contributed by atoms with van der Waals surface area (Å²) < 4.78 is 0. The van der Waals surface area contributed by atoms with E-state index >= 15 is 0 Å². The van der Waals surface area contributed by atoms with Crippen LogP contribution in [0, 0.1) is 19.8 Å². The monoisotopic (exact) mass is 341 g/mol. The minimum atomic E-state index is 0.0709. The lowest BCUT2D eigenvalue weighted by atomic mass is 9.95. The molecule has 3 rings (SSSR count). The number of carbonyl (C=O) groups is 1. The SMILES string of the molecule is Cc1ccc(CCN2CCC(Cc3c(C)cccc3Cl)C2=O)cc1. The molecule has 1 fully saturated rings. The van der Waals surface area contributed by atoms with Crippen LogP contribution in [-0.2, 0) is 17.6 Å². The topological polar surface area (TPSA) is 20.3 Å².